The molecule has 1 amide bonds. The van der Waals surface area contributed by atoms with Crippen LogP contribution in [0.5, 0.6) is 0 Å². The molecule has 0 unspecified atom stereocenters. The highest BCUT2D eigenvalue weighted by Crippen LogP contribution is 2.42. The van der Waals surface area contributed by atoms with Crippen LogP contribution in [0.25, 0.3) is 43.1 Å². The minimum absolute atomic E-state index is 0.147. The SMILES string of the molecule is CCNC(=O)c1ccc2c3cccc4cccc(c5ccc(C(=O)O)c1c52)c43. The summed E-state index contributed by atoms with van der Waals surface area (Å²) in [5.41, 5.74) is 0.541. The molecular formula is C24H17NO3. The molecule has 0 saturated carbocycles. The fourth-order valence-corrected chi connectivity index (χ4v) is 4.36. The average molecular weight is 367 g/mol. The first-order valence-corrected chi connectivity index (χ1v) is 9.25. The van der Waals surface area contributed by atoms with Gasteiger partial charge in [0.2, 0.25) is 0 Å². The molecule has 0 aromatic heterocycles. The zero-order valence-electron chi connectivity index (χ0n) is 15.2. The van der Waals surface area contributed by atoms with Crippen molar-refractivity contribution in [2.75, 3.05) is 6.54 Å². The molecule has 0 bridgehead atoms. The molecule has 0 aliphatic heterocycles. The Morgan fingerprint density at radius 3 is 1.89 bits per heavy atom. The molecule has 0 aliphatic carbocycles. The summed E-state index contributed by atoms with van der Waals surface area (Å²) in [5, 5.41) is 20.3. The van der Waals surface area contributed by atoms with Crippen LogP contribution in [0.4, 0.5) is 0 Å². The molecule has 4 heteroatoms. The Bertz CT molecular complexity index is 1370. The fraction of sp³-hybridized carbons (Fsp3) is 0.0833. The number of aromatic carboxylic acids is 1. The highest BCUT2D eigenvalue weighted by molar-refractivity contribution is 6.36. The summed E-state index contributed by atoms with van der Waals surface area (Å²) >= 11 is 0. The second-order valence-electron chi connectivity index (χ2n) is 6.95. The summed E-state index contributed by atoms with van der Waals surface area (Å²) in [5.74, 6) is -1.29. The Morgan fingerprint density at radius 2 is 1.32 bits per heavy atom. The normalized spacial score (nSPS) is 11.6. The van der Waals surface area contributed by atoms with E-state index in [4.69, 9.17) is 0 Å². The largest absolute Gasteiger partial charge is 0.478 e. The number of carboxylic acid groups (broad SMARTS) is 1. The van der Waals surface area contributed by atoms with E-state index < -0.39 is 5.97 Å². The molecule has 5 rings (SSSR count). The maximum Gasteiger partial charge on any atom is 0.336 e. The monoisotopic (exact) mass is 367 g/mol. The second kappa shape index (κ2) is 5.92. The van der Waals surface area contributed by atoms with E-state index >= 15 is 0 Å². The van der Waals surface area contributed by atoms with Crippen molar-refractivity contribution in [2.45, 2.75) is 6.92 Å². The van der Waals surface area contributed by atoms with Gasteiger partial charge in [-0.1, -0.05) is 48.5 Å². The Labute approximate surface area is 160 Å². The lowest BCUT2D eigenvalue weighted by molar-refractivity contribution is 0.0699. The van der Waals surface area contributed by atoms with Gasteiger partial charge in [-0.3, -0.25) is 4.79 Å². The van der Waals surface area contributed by atoms with Gasteiger partial charge in [-0.05, 0) is 56.8 Å². The van der Waals surface area contributed by atoms with Gasteiger partial charge in [0.1, 0.15) is 0 Å². The lowest BCUT2D eigenvalue weighted by Crippen LogP contribution is -2.23. The number of carbonyl (C=O) groups is 2. The molecule has 0 aliphatic rings. The molecular weight excluding hydrogens is 350 g/mol. The Hall–Kier alpha value is -3.66. The van der Waals surface area contributed by atoms with Crippen molar-refractivity contribution in [3.05, 3.63) is 71.8 Å². The van der Waals surface area contributed by atoms with E-state index in [1.807, 2.05) is 31.2 Å². The van der Waals surface area contributed by atoms with Crippen molar-refractivity contribution >= 4 is 55.0 Å². The van der Waals surface area contributed by atoms with Crippen LogP contribution >= 0.6 is 0 Å². The van der Waals surface area contributed by atoms with E-state index in [0.29, 0.717) is 17.5 Å². The molecule has 0 fully saturated rings. The zero-order valence-corrected chi connectivity index (χ0v) is 15.2. The minimum atomic E-state index is -1.04. The number of benzene rings is 5. The zero-order chi connectivity index (χ0) is 19.4. The molecule has 5 aromatic carbocycles. The molecule has 0 radical (unpaired) electrons. The molecule has 0 spiro atoms. The Kier molecular flexibility index (Phi) is 3.49. The summed E-state index contributed by atoms with van der Waals surface area (Å²) in [4.78, 5) is 24.7. The molecule has 5 aromatic rings. The first-order valence-electron chi connectivity index (χ1n) is 9.25. The van der Waals surface area contributed by atoms with Crippen LogP contribution in [0.15, 0.2) is 60.7 Å². The van der Waals surface area contributed by atoms with Crippen molar-refractivity contribution < 1.29 is 14.7 Å². The minimum Gasteiger partial charge on any atom is -0.478 e. The van der Waals surface area contributed by atoms with E-state index in [9.17, 15) is 14.7 Å². The highest BCUT2D eigenvalue weighted by atomic mass is 16.4. The van der Waals surface area contributed by atoms with Crippen LogP contribution in [0.3, 0.4) is 0 Å². The van der Waals surface area contributed by atoms with Gasteiger partial charge in [0.15, 0.2) is 0 Å². The summed E-state index contributed by atoms with van der Waals surface area (Å²) in [6.07, 6.45) is 0. The van der Waals surface area contributed by atoms with Crippen LogP contribution in [-0.2, 0) is 0 Å². The summed E-state index contributed by atoms with van der Waals surface area (Å²) < 4.78 is 0. The van der Waals surface area contributed by atoms with Crippen molar-refractivity contribution in [3.8, 4) is 0 Å². The third kappa shape index (κ3) is 2.12. The van der Waals surface area contributed by atoms with Gasteiger partial charge < -0.3 is 10.4 Å². The quantitative estimate of drug-likeness (QED) is 0.341. The average Bonchev–Trinajstić information content (AvgIpc) is 2.71. The van der Waals surface area contributed by atoms with Crippen LogP contribution < -0.4 is 5.32 Å². The van der Waals surface area contributed by atoms with Crippen LogP contribution in [0.2, 0.25) is 0 Å². The maximum absolute atomic E-state index is 12.7. The van der Waals surface area contributed by atoms with Crippen molar-refractivity contribution in [3.63, 3.8) is 0 Å². The predicted molar refractivity (Wildman–Crippen MR) is 113 cm³/mol. The van der Waals surface area contributed by atoms with Gasteiger partial charge in [-0.25, -0.2) is 4.79 Å². The number of carboxylic acids is 1. The number of carbonyl (C=O) groups excluding carboxylic acids is 1. The Morgan fingerprint density at radius 1 is 0.750 bits per heavy atom. The summed E-state index contributed by atoms with van der Waals surface area (Å²) in [6, 6.07) is 19.5. The molecule has 2 N–H and O–H groups in total. The lowest BCUT2D eigenvalue weighted by Gasteiger charge is -2.17. The maximum atomic E-state index is 12.7. The van der Waals surface area contributed by atoms with Crippen LogP contribution in [0, 0.1) is 0 Å². The van der Waals surface area contributed by atoms with Gasteiger partial charge in [0.05, 0.1) is 5.56 Å². The van der Waals surface area contributed by atoms with Gasteiger partial charge in [-0.15, -0.1) is 0 Å². The van der Waals surface area contributed by atoms with Crippen molar-refractivity contribution in [2.24, 2.45) is 0 Å². The molecule has 0 saturated heterocycles. The van der Waals surface area contributed by atoms with E-state index in [0.717, 1.165) is 37.7 Å². The van der Waals surface area contributed by atoms with E-state index in [1.165, 1.54) is 0 Å². The summed E-state index contributed by atoms with van der Waals surface area (Å²) in [7, 11) is 0. The van der Waals surface area contributed by atoms with Gasteiger partial charge >= 0.3 is 5.97 Å². The van der Waals surface area contributed by atoms with Crippen LogP contribution in [-0.4, -0.2) is 23.5 Å². The van der Waals surface area contributed by atoms with E-state index in [-0.39, 0.29) is 11.5 Å². The predicted octanol–water partition coefficient (Wildman–Crippen LogP) is 5.19. The molecule has 0 atom stereocenters. The molecule has 28 heavy (non-hydrogen) atoms. The number of hydrogen-bond donors (Lipinski definition) is 2. The lowest BCUT2D eigenvalue weighted by atomic mass is 9.86. The standard InChI is InChI=1S/C24H17NO3/c1-2-25-23(26)18-11-9-16-14-7-3-5-13-6-4-8-15(20(13)14)17-10-12-19(24(27)28)22(18)21(16)17/h3-12H,2H2,1H3,(H,25,26)(H,27,28). The van der Waals surface area contributed by atoms with Crippen LogP contribution in [0.1, 0.15) is 27.6 Å². The van der Waals surface area contributed by atoms with Crippen molar-refractivity contribution in [1.29, 1.82) is 0 Å². The van der Waals surface area contributed by atoms with Gasteiger partial charge in [0, 0.05) is 17.5 Å². The van der Waals surface area contributed by atoms with Gasteiger partial charge in [0.25, 0.3) is 5.91 Å². The number of amides is 1. The second-order valence-corrected chi connectivity index (χ2v) is 6.95. The number of fused-ring (bicyclic) bond motifs is 2. The third-order valence-electron chi connectivity index (χ3n) is 5.46. The number of nitrogens with one attached hydrogen (secondary N) is 1. The Balaban J connectivity index is 2.09. The summed E-state index contributed by atoms with van der Waals surface area (Å²) in [6.45, 7) is 2.32. The van der Waals surface area contributed by atoms with E-state index in [1.54, 1.807) is 12.1 Å². The third-order valence-corrected chi connectivity index (χ3v) is 5.46. The smallest absolute Gasteiger partial charge is 0.336 e. The van der Waals surface area contributed by atoms with Crippen molar-refractivity contribution in [1.82, 2.24) is 5.32 Å². The molecule has 0 heterocycles. The first-order chi connectivity index (χ1) is 13.6. The number of hydrogen-bond acceptors (Lipinski definition) is 2. The number of rotatable bonds is 3. The molecule has 136 valence electrons. The van der Waals surface area contributed by atoms with Gasteiger partial charge in [-0.2, -0.15) is 0 Å². The first kappa shape index (κ1) is 16.5. The highest BCUT2D eigenvalue weighted by Gasteiger charge is 2.21. The topological polar surface area (TPSA) is 66.4 Å². The fourth-order valence-electron chi connectivity index (χ4n) is 4.36. The molecule has 4 nitrogen and oxygen atoms in total. The van der Waals surface area contributed by atoms with E-state index in [2.05, 4.69) is 29.6 Å².